The van der Waals surface area contributed by atoms with Crippen LogP contribution in [0.15, 0.2) is 91.0 Å². The monoisotopic (exact) mass is 1200 g/mol. The summed E-state index contributed by atoms with van der Waals surface area (Å²) in [5, 5.41) is 44.3. The van der Waals surface area contributed by atoms with Gasteiger partial charge in [0.1, 0.15) is 17.8 Å². The smallest absolute Gasteiger partial charge is 0.245 e. The van der Waals surface area contributed by atoms with Crippen molar-refractivity contribution < 1.29 is 72.5 Å². The van der Waals surface area contributed by atoms with Gasteiger partial charge in [-0.2, -0.15) is 0 Å². The number of carbonyl (C=O) groups is 12. The molecule has 13 N–H and O–H groups in total. The van der Waals surface area contributed by atoms with Crippen molar-refractivity contribution in [3.8, 4) is 28.7 Å². The minimum absolute atomic E-state index is 0.164. The highest BCUT2D eigenvalue weighted by molar-refractivity contribution is 5.98. The second kappa shape index (κ2) is 35.8. The Labute approximate surface area is 501 Å². The van der Waals surface area contributed by atoms with Gasteiger partial charge in [-0.05, 0) is 78.8 Å². The van der Waals surface area contributed by atoms with Crippen molar-refractivity contribution in [2.75, 3.05) is 83.6 Å². The number of rotatable bonds is 33. The highest BCUT2D eigenvalue weighted by atomic mass is 16.5. The Morgan fingerprint density at radius 1 is 0.517 bits per heavy atom. The lowest BCUT2D eigenvalue weighted by Gasteiger charge is -2.26. The number of hydrogen-bond donors (Lipinski definition) is 13. The lowest BCUT2D eigenvalue weighted by molar-refractivity contribution is -0.132. The number of para-hydroxylation sites is 1. The molecule has 0 unspecified atom stereocenters. The SMILES string of the molecule is CCc1cc(OCCCCNC(=O)[C@H](CO)NC(=O)CNC(=O)CNC(=O)CNC(=O)CNC(=O)[C@H](CO)NC(=O)CNC(=O)CNC(=O)CNC(=O)CNC(=O)CCC(=O)N2Cc3ccccc3C#Cc3ccccc32)ccc1-c1ccc(C)cc1. The molecule has 0 aromatic heterocycles. The number of ether oxygens (including phenoxy) is 1. The number of aliphatic hydroxyl groups excluding tert-OH is 2. The van der Waals surface area contributed by atoms with Gasteiger partial charge in [0.25, 0.3) is 0 Å². The number of anilines is 1. The standard InChI is InChI=1S/C60H72N12O15/c1-3-39-26-44(20-21-45(39)41-16-14-38(2)15-17-41)87-25-9-8-24-61-59(85)46(36-73)70-56(82)33-67-53(79)31-65-52(78)29-66-55(81)32-69-60(86)47(37-74)71-57(83)34-68-54(80)30-64-51(77)28-63-50(76)27-62-49(75)22-23-58(84)72-35-43-12-5-4-10-40(43)18-19-42-11-6-7-13-48(42)72/h4-7,10-17,20-21,26,46-47,73-74H,3,8-9,22-25,27-37H2,1-2H3,(H,61,85)(H,62,75)(H,63,76)(H,64,77)(H,65,78)(H,66,81)(H,67,79)(H,68,80)(H,69,86)(H,70,82)(H,71,83)/t46-,47-/m0/s1. The highest BCUT2D eigenvalue weighted by Crippen LogP contribution is 2.29. The van der Waals surface area contributed by atoms with Gasteiger partial charge >= 0.3 is 0 Å². The summed E-state index contributed by atoms with van der Waals surface area (Å²) in [6, 6.07) is 26.0. The number of nitrogens with one attached hydrogen (secondary N) is 11. The third-order valence-corrected chi connectivity index (χ3v) is 12.9. The molecule has 0 aliphatic carbocycles. The summed E-state index contributed by atoms with van der Waals surface area (Å²) in [7, 11) is 0. The molecular formula is C60H72N12O15. The molecule has 2 atom stereocenters. The Hall–Kier alpha value is -10.2. The molecule has 27 heteroatoms. The van der Waals surface area contributed by atoms with E-state index in [1.54, 1.807) is 23.1 Å². The maximum absolute atomic E-state index is 13.4. The summed E-state index contributed by atoms with van der Waals surface area (Å²) in [5.74, 6) is -2.24. The molecule has 1 heterocycles. The molecule has 12 amide bonds. The van der Waals surface area contributed by atoms with E-state index in [9.17, 15) is 67.7 Å². The van der Waals surface area contributed by atoms with Crippen molar-refractivity contribution in [1.29, 1.82) is 0 Å². The molecule has 0 fully saturated rings. The first-order valence-electron chi connectivity index (χ1n) is 27.9. The predicted molar refractivity (Wildman–Crippen MR) is 315 cm³/mol. The second-order valence-corrected chi connectivity index (χ2v) is 19.5. The zero-order valence-corrected chi connectivity index (χ0v) is 48.2. The molecule has 5 rings (SSSR count). The van der Waals surface area contributed by atoms with Crippen LogP contribution >= 0.6 is 0 Å². The Morgan fingerprint density at radius 2 is 0.989 bits per heavy atom. The van der Waals surface area contributed by atoms with Crippen LogP contribution in [0.3, 0.4) is 0 Å². The number of hydrogen-bond acceptors (Lipinski definition) is 15. The number of aryl methyl sites for hydroxylation is 2. The van der Waals surface area contributed by atoms with Crippen LogP contribution in [0.25, 0.3) is 11.1 Å². The fourth-order valence-corrected chi connectivity index (χ4v) is 8.17. The molecule has 0 spiro atoms. The number of unbranched alkanes of at least 4 members (excludes halogenated alkanes) is 1. The van der Waals surface area contributed by atoms with Gasteiger partial charge in [0.15, 0.2) is 0 Å². The minimum Gasteiger partial charge on any atom is -0.494 e. The fourth-order valence-electron chi connectivity index (χ4n) is 8.17. The van der Waals surface area contributed by atoms with Crippen LogP contribution in [0.4, 0.5) is 5.69 Å². The summed E-state index contributed by atoms with van der Waals surface area (Å²) < 4.78 is 5.93. The van der Waals surface area contributed by atoms with Gasteiger partial charge < -0.3 is 78.3 Å². The number of aliphatic hydroxyl groups is 2. The van der Waals surface area contributed by atoms with Crippen LogP contribution in [0.2, 0.25) is 0 Å². The zero-order valence-electron chi connectivity index (χ0n) is 48.2. The molecule has 1 aliphatic rings. The molecule has 87 heavy (non-hydrogen) atoms. The fraction of sp³-hybridized carbons (Fsp3) is 0.367. The van der Waals surface area contributed by atoms with Crippen LogP contribution in [-0.4, -0.2) is 172 Å². The van der Waals surface area contributed by atoms with E-state index in [-0.39, 0.29) is 31.8 Å². The van der Waals surface area contributed by atoms with Gasteiger partial charge in [0.05, 0.1) is 84.4 Å². The van der Waals surface area contributed by atoms with Crippen molar-refractivity contribution >= 4 is 76.6 Å². The van der Waals surface area contributed by atoms with E-state index in [0.717, 1.165) is 40.0 Å². The molecule has 0 saturated carbocycles. The predicted octanol–water partition coefficient (Wildman–Crippen LogP) is -2.89. The third kappa shape index (κ3) is 23.8. The van der Waals surface area contributed by atoms with Gasteiger partial charge in [-0.3, -0.25) is 57.5 Å². The van der Waals surface area contributed by atoms with Crippen LogP contribution in [0.1, 0.15) is 60.4 Å². The molecule has 0 bridgehead atoms. The Morgan fingerprint density at radius 3 is 1.53 bits per heavy atom. The van der Waals surface area contributed by atoms with Crippen molar-refractivity contribution in [3.05, 3.63) is 119 Å². The Balaban J connectivity index is 0.850. The van der Waals surface area contributed by atoms with E-state index in [1.807, 2.05) is 55.5 Å². The average Bonchev–Trinajstić information content (AvgIpc) is 3.48. The van der Waals surface area contributed by atoms with E-state index in [2.05, 4.69) is 102 Å². The molecule has 0 saturated heterocycles. The van der Waals surface area contributed by atoms with Crippen LogP contribution in [-0.2, 0) is 70.5 Å². The van der Waals surface area contributed by atoms with Crippen molar-refractivity contribution in [2.24, 2.45) is 0 Å². The van der Waals surface area contributed by atoms with Crippen LogP contribution in [0, 0.1) is 18.8 Å². The maximum atomic E-state index is 13.4. The van der Waals surface area contributed by atoms with Crippen molar-refractivity contribution in [2.45, 2.75) is 64.6 Å². The molecule has 462 valence electrons. The third-order valence-electron chi connectivity index (χ3n) is 12.9. The molecular weight excluding hydrogens is 1130 g/mol. The van der Waals surface area contributed by atoms with E-state index in [0.29, 0.717) is 30.7 Å². The summed E-state index contributed by atoms with van der Waals surface area (Å²) in [6.07, 6.45) is 1.61. The topological polar surface area (TPSA) is 390 Å². The number of carbonyl (C=O) groups excluding carboxylic acids is 12. The van der Waals surface area contributed by atoms with Crippen molar-refractivity contribution in [1.82, 2.24) is 58.5 Å². The second-order valence-electron chi connectivity index (χ2n) is 19.5. The Bertz CT molecular complexity index is 3200. The molecule has 4 aromatic rings. The first-order chi connectivity index (χ1) is 41.8. The molecule has 4 aromatic carbocycles. The van der Waals surface area contributed by atoms with Gasteiger partial charge in [0, 0.05) is 30.5 Å². The number of fused-ring (bicyclic) bond motifs is 2. The quantitative estimate of drug-likeness (QED) is 0.0168. The highest BCUT2D eigenvalue weighted by Gasteiger charge is 2.24. The normalized spacial score (nSPS) is 11.7. The summed E-state index contributed by atoms with van der Waals surface area (Å²) in [4.78, 5) is 151. The van der Waals surface area contributed by atoms with Crippen LogP contribution < -0.4 is 68.1 Å². The maximum Gasteiger partial charge on any atom is 0.245 e. The first kappa shape index (κ1) is 67.6. The van der Waals surface area contributed by atoms with Gasteiger partial charge in [-0.15, -0.1) is 0 Å². The van der Waals surface area contributed by atoms with Crippen molar-refractivity contribution in [3.63, 3.8) is 0 Å². The molecule has 1 aliphatic heterocycles. The number of nitrogens with zero attached hydrogens (tertiary/aromatic N) is 1. The molecule has 0 radical (unpaired) electrons. The number of amides is 12. The average molecular weight is 1200 g/mol. The van der Waals surface area contributed by atoms with E-state index in [1.165, 1.54) is 5.56 Å². The minimum atomic E-state index is -1.58. The van der Waals surface area contributed by atoms with Gasteiger partial charge in [-0.1, -0.05) is 85.0 Å². The van der Waals surface area contributed by atoms with E-state index in [4.69, 9.17) is 4.74 Å². The zero-order chi connectivity index (χ0) is 63.1. The first-order valence-corrected chi connectivity index (χ1v) is 27.9. The summed E-state index contributed by atoms with van der Waals surface area (Å²) in [6.45, 7) is -1.61. The number of benzene rings is 4. The lowest BCUT2D eigenvalue weighted by atomic mass is 9.97. The largest absolute Gasteiger partial charge is 0.494 e. The van der Waals surface area contributed by atoms with Gasteiger partial charge in [-0.25, -0.2) is 0 Å². The van der Waals surface area contributed by atoms with Crippen LogP contribution in [0.5, 0.6) is 5.75 Å². The summed E-state index contributed by atoms with van der Waals surface area (Å²) >= 11 is 0. The molecule has 27 nitrogen and oxygen atoms in total. The summed E-state index contributed by atoms with van der Waals surface area (Å²) in [5.41, 5.74) is 7.50. The van der Waals surface area contributed by atoms with E-state index < -0.39 is 143 Å². The lowest BCUT2D eigenvalue weighted by Crippen LogP contribution is -2.53. The Kier molecular flexibility index (Phi) is 27.8. The van der Waals surface area contributed by atoms with E-state index >= 15 is 0 Å². The van der Waals surface area contributed by atoms with Gasteiger partial charge in [0.2, 0.25) is 70.9 Å².